The largest absolute Gasteiger partial charge is 0.436 e. The molecule has 0 atom stereocenters. The smallest absolute Gasteiger partial charge is 0.263 e. The number of nitrogens with zero attached hydrogens (tertiary/aromatic N) is 2. The number of carbonyl (C=O) groups excluding carboxylic acids is 2. The van der Waals surface area contributed by atoms with E-state index in [0.717, 1.165) is 24.1 Å². The number of pyridine rings is 1. The van der Waals surface area contributed by atoms with Crippen LogP contribution < -0.4 is 15.0 Å². The molecule has 1 aliphatic heterocycles. The Kier molecular flexibility index (Phi) is 5.28. The van der Waals surface area contributed by atoms with Crippen LogP contribution in [0.15, 0.2) is 36.5 Å². The molecule has 2 aromatic rings. The number of aryl methyl sites for hydroxylation is 1. The maximum absolute atomic E-state index is 13.2. The molecule has 0 saturated heterocycles. The Bertz CT molecular complexity index is 890. The van der Waals surface area contributed by atoms with Crippen molar-refractivity contribution in [2.45, 2.75) is 51.5 Å². The highest BCUT2D eigenvalue weighted by Gasteiger charge is 2.29. The van der Waals surface area contributed by atoms with E-state index in [1.807, 2.05) is 25.1 Å². The number of carbonyl (C=O) groups is 2. The Morgan fingerprint density at radius 3 is 2.93 bits per heavy atom. The van der Waals surface area contributed by atoms with Crippen LogP contribution in [0, 0.1) is 6.92 Å². The van der Waals surface area contributed by atoms with E-state index in [-0.39, 0.29) is 11.8 Å². The lowest BCUT2D eigenvalue weighted by Crippen LogP contribution is -2.35. The highest BCUT2D eigenvalue weighted by atomic mass is 16.5. The van der Waals surface area contributed by atoms with Gasteiger partial charge in [-0.1, -0.05) is 18.9 Å². The zero-order valence-electron chi connectivity index (χ0n) is 16.1. The van der Waals surface area contributed by atoms with Gasteiger partial charge in [0.25, 0.3) is 5.91 Å². The summed E-state index contributed by atoms with van der Waals surface area (Å²) in [5.74, 6) is 0.839. The van der Waals surface area contributed by atoms with Crippen molar-refractivity contribution in [1.29, 1.82) is 0 Å². The molecule has 146 valence electrons. The summed E-state index contributed by atoms with van der Waals surface area (Å²) in [5, 5.41) is 3.11. The van der Waals surface area contributed by atoms with Crippen LogP contribution in [0.3, 0.4) is 0 Å². The van der Waals surface area contributed by atoms with Gasteiger partial charge in [0.15, 0.2) is 5.75 Å². The fourth-order valence-corrected chi connectivity index (χ4v) is 3.91. The van der Waals surface area contributed by atoms with Crippen LogP contribution in [0.5, 0.6) is 11.6 Å². The molecule has 2 heterocycles. The fraction of sp³-hybridized carbons (Fsp3) is 0.409. The molecule has 1 aliphatic carbocycles. The van der Waals surface area contributed by atoms with Crippen molar-refractivity contribution >= 4 is 17.5 Å². The number of rotatable bonds is 5. The van der Waals surface area contributed by atoms with Crippen LogP contribution >= 0.6 is 0 Å². The molecule has 0 spiro atoms. The second-order valence-electron chi connectivity index (χ2n) is 7.54. The van der Waals surface area contributed by atoms with Crippen LogP contribution in [-0.2, 0) is 4.79 Å². The van der Waals surface area contributed by atoms with Gasteiger partial charge in [-0.2, -0.15) is 0 Å². The van der Waals surface area contributed by atoms with Crippen molar-refractivity contribution < 1.29 is 14.3 Å². The summed E-state index contributed by atoms with van der Waals surface area (Å²) in [7, 11) is 0. The summed E-state index contributed by atoms with van der Waals surface area (Å²) < 4.78 is 5.92. The minimum absolute atomic E-state index is 0.0666. The Balaban J connectivity index is 1.50. The Labute approximate surface area is 164 Å². The summed E-state index contributed by atoms with van der Waals surface area (Å²) in [5.41, 5.74) is 2.20. The molecular formula is C22H25N3O3. The zero-order chi connectivity index (χ0) is 19.5. The molecule has 6 nitrogen and oxygen atoms in total. The summed E-state index contributed by atoms with van der Waals surface area (Å²) in [6.45, 7) is 2.43. The molecule has 1 N–H and O–H groups in total. The molecule has 0 bridgehead atoms. The Morgan fingerprint density at radius 1 is 1.29 bits per heavy atom. The first-order chi connectivity index (χ1) is 13.6. The van der Waals surface area contributed by atoms with Gasteiger partial charge in [0.05, 0.1) is 5.69 Å². The monoisotopic (exact) mass is 379 g/mol. The average Bonchev–Trinajstić information content (AvgIpc) is 3.16. The summed E-state index contributed by atoms with van der Waals surface area (Å²) in [6.07, 6.45) is 7.14. The van der Waals surface area contributed by atoms with Gasteiger partial charge in [0, 0.05) is 25.2 Å². The summed E-state index contributed by atoms with van der Waals surface area (Å²) >= 11 is 0. The first-order valence-corrected chi connectivity index (χ1v) is 9.96. The van der Waals surface area contributed by atoms with E-state index in [4.69, 9.17) is 4.74 Å². The molecule has 4 rings (SSSR count). The first kappa shape index (κ1) is 18.5. The van der Waals surface area contributed by atoms with E-state index >= 15 is 0 Å². The van der Waals surface area contributed by atoms with Gasteiger partial charge >= 0.3 is 0 Å². The minimum atomic E-state index is -0.149. The maximum atomic E-state index is 13.2. The lowest BCUT2D eigenvalue weighted by Gasteiger charge is -2.22. The van der Waals surface area contributed by atoms with Crippen molar-refractivity contribution in [2.24, 2.45) is 0 Å². The Morgan fingerprint density at radius 2 is 2.11 bits per heavy atom. The van der Waals surface area contributed by atoms with E-state index in [2.05, 4.69) is 10.3 Å². The number of ether oxygens (including phenoxy) is 1. The molecule has 6 heteroatoms. The number of hydrogen-bond donors (Lipinski definition) is 1. The van der Waals surface area contributed by atoms with E-state index in [9.17, 15) is 9.59 Å². The van der Waals surface area contributed by atoms with Crippen LogP contribution in [0.2, 0.25) is 0 Å². The van der Waals surface area contributed by atoms with E-state index in [0.29, 0.717) is 42.6 Å². The number of nitrogens with one attached hydrogen (secondary N) is 1. The minimum Gasteiger partial charge on any atom is -0.436 e. The molecular weight excluding hydrogens is 354 g/mol. The van der Waals surface area contributed by atoms with Crippen LogP contribution in [0.25, 0.3) is 0 Å². The SMILES string of the molecule is Cc1ccc2c(c1)N(CCCC(=O)NC1CCCC1)C(=O)c1cccnc1O2. The fourth-order valence-electron chi connectivity index (χ4n) is 3.91. The number of benzene rings is 1. The topological polar surface area (TPSA) is 71.5 Å². The van der Waals surface area contributed by atoms with Crippen molar-refractivity contribution in [3.05, 3.63) is 47.7 Å². The highest BCUT2D eigenvalue weighted by molar-refractivity contribution is 6.09. The maximum Gasteiger partial charge on any atom is 0.263 e. The lowest BCUT2D eigenvalue weighted by atomic mass is 10.1. The van der Waals surface area contributed by atoms with E-state index < -0.39 is 0 Å². The predicted molar refractivity (Wildman–Crippen MR) is 107 cm³/mol. The molecule has 1 aromatic heterocycles. The molecule has 2 amide bonds. The van der Waals surface area contributed by atoms with Gasteiger partial charge in [0.2, 0.25) is 11.8 Å². The molecule has 0 radical (unpaired) electrons. The van der Waals surface area contributed by atoms with Crippen molar-refractivity contribution in [1.82, 2.24) is 10.3 Å². The standard InChI is InChI=1S/C22H25N3O3/c1-15-10-11-19-18(14-15)25(22(27)17-8-4-12-23-21(17)28-19)13-5-9-20(26)24-16-6-2-3-7-16/h4,8,10-12,14,16H,2-3,5-7,9,13H2,1H3,(H,24,26). The summed E-state index contributed by atoms with van der Waals surface area (Å²) in [4.78, 5) is 31.3. The zero-order valence-corrected chi connectivity index (χ0v) is 16.1. The van der Waals surface area contributed by atoms with Gasteiger partial charge in [-0.15, -0.1) is 0 Å². The van der Waals surface area contributed by atoms with Crippen LogP contribution in [-0.4, -0.2) is 29.4 Å². The highest BCUT2D eigenvalue weighted by Crippen LogP contribution is 2.38. The second kappa shape index (κ2) is 8.00. The first-order valence-electron chi connectivity index (χ1n) is 9.96. The van der Waals surface area contributed by atoms with E-state index in [1.54, 1.807) is 23.2 Å². The van der Waals surface area contributed by atoms with Crippen molar-refractivity contribution in [3.8, 4) is 11.6 Å². The van der Waals surface area contributed by atoms with Gasteiger partial charge in [-0.25, -0.2) is 4.98 Å². The second-order valence-corrected chi connectivity index (χ2v) is 7.54. The van der Waals surface area contributed by atoms with Gasteiger partial charge in [-0.05, 0) is 56.0 Å². The quantitative estimate of drug-likeness (QED) is 0.853. The molecule has 1 aromatic carbocycles. The molecule has 1 fully saturated rings. The Hall–Kier alpha value is -2.89. The van der Waals surface area contributed by atoms with Crippen LogP contribution in [0.1, 0.15) is 54.4 Å². The number of aromatic nitrogens is 1. The summed E-state index contributed by atoms with van der Waals surface area (Å²) in [6, 6.07) is 9.53. The average molecular weight is 379 g/mol. The van der Waals surface area contributed by atoms with E-state index in [1.165, 1.54) is 12.8 Å². The number of amides is 2. The number of fused-ring (bicyclic) bond motifs is 2. The lowest BCUT2D eigenvalue weighted by molar-refractivity contribution is -0.121. The normalized spacial score (nSPS) is 16.2. The van der Waals surface area contributed by atoms with Crippen molar-refractivity contribution in [2.75, 3.05) is 11.4 Å². The van der Waals surface area contributed by atoms with Crippen LogP contribution in [0.4, 0.5) is 5.69 Å². The van der Waals surface area contributed by atoms with Gasteiger partial charge in [0.1, 0.15) is 5.56 Å². The third-order valence-corrected chi connectivity index (χ3v) is 5.36. The third-order valence-electron chi connectivity index (χ3n) is 5.36. The van der Waals surface area contributed by atoms with Gasteiger partial charge < -0.3 is 15.0 Å². The predicted octanol–water partition coefficient (Wildman–Crippen LogP) is 3.98. The number of anilines is 1. The van der Waals surface area contributed by atoms with Crippen molar-refractivity contribution in [3.63, 3.8) is 0 Å². The van der Waals surface area contributed by atoms with Gasteiger partial charge in [-0.3, -0.25) is 9.59 Å². The third kappa shape index (κ3) is 3.86. The molecule has 28 heavy (non-hydrogen) atoms. The molecule has 1 saturated carbocycles. The molecule has 0 unspecified atom stereocenters. The number of hydrogen-bond acceptors (Lipinski definition) is 4. The molecule has 2 aliphatic rings.